The molecule has 1 N–H and O–H groups in total. The average molecular weight is 368 g/mol. The minimum absolute atomic E-state index is 0.0106. The van der Waals surface area contributed by atoms with E-state index in [1.807, 2.05) is 0 Å². The van der Waals surface area contributed by atoms with Crippen molar-refractivity contribution in [3.63, 3.8) is 0 Å². The van der Waals surface area contributed by atoms with Gasteiger partial charge in [0.25, 0.3) is 0 Å². The van der Waals surface area contributed by atoms with Gasteiger partial charge in [-0.05, 0) is 6.42 Å². The number of rotatable bonds is 17. The summed E-state index contributed by atoms with van der Waals surface area (Å²) < 4.78 is 4.84. The van der Waals surface area contributed by atoms with Crippen LogP contribution in [0, 0.1) is 0 Å². The molecule has 1 aliphatic heterocycles. The number of carbonyl (C=O) groups is 2. The molecule has 0 aromatic carbocycles. The molecule has 0 saturated carbocycles. The van der Waals surface area contributed by atoms with Crippen molar-refractivity contribution in [2.45, 2.75) is 122 Å². The molecular weight excluding hydrogens is 326 g/mol. The van der Waals surface area contributed by atoms with Crippen molar-refractivity contribution in [1.82, 2.24) is 5.32 Å². The summed E-state index contributed by atoms with van der Waals surface area (Å²) in [6.07, 6.45) is 21.0. The molecule has 26 heavy (non-hydrogen) atoms. The van der Waals surface area contributed by atoms with Gasteiger partial charge in [0.2, 0.25) is 5.91 Å². The highest BCUT2D eigenvalue weighted by Gasteiger charge is 2.27. The van der Waals surface area contributed by atoms with Gasteiger partial charge in [-0.1, -0.05) is 96.8 Å². The topological polar surface area (TPSA) is 55.4 Å². The van der Waals surface area contributed by atoms with Crippen molar-refractivity contribution in [3.05, 3.63) is 0 Å². The first-order valence-electron chi connectivity index (χ1n) is 11.2. The summed E-state index contributed by atoms with van der Waals surface area (Å²) in [5.74, 6) is -0.293. The molecule has 1 heterocycles. The van der Waals surface area contributed by atoms with Crippen LogP contribution in [0.5, 0.6) is 0 Å². The Morgan fingerprint density at radius 3 is 1.73 bits per heavy atom. The highest BCUT2D eigenvalue weighted by molar-refractivity contribution is 5.85. The maximum Gasteiger partial charge on any atom is 0.328 e. The third-order valence-electron chi connectivity index (χ3n) is 5.28. The van der Waals surface area contributed by atoms with Crippen LogP contribution >= 0.6 is 0 Å². The first-order valence-corrected chi connectivity index (χ1v) is 11.2. The lowest BCUT2D eigenvalue weighted by atomic mass is 10.0. The van der Waals surface area contributed by atoms with E-state index in [1.54, 1.807) is 0 Å². The Hall–Kier alpha value is -1.06. The minimum Gasteiger partial charge on any atom is -0.464 e. The molecule has 0 spiro atoms. The molecule has 1 saturated heterocycles. The van der Waals surface area contributed by atoms with E-state index in [9.17, 15) is 9.59 Å². The van der Waals surface area contributed by atoms with Gasteiger partial charge in [-0.2, -0.15) is 0 Å². The number of hydrogen-bond acceptors (Lipinski definition) is 3. The molecule has 1 unspecified atom stereocenters. The molecule has 1 aliphatic rings. The van der Waals surface area contributed by atoms with Crippen LogP contribution in [-0.4, -0.2) is 24.5 Å². The Bertz CT molecular complexity index is 370. The third-order valence-corrected chi connectivity index (χ3v) is 5.28. The summed E-state index contributed by atoms with van der Waals surface area (Å²) in [7, 11) is 0. The lowest BCUT2D eigenvalue weighted by molar-refractivity contribution is -0.141. The van der Waals surface area contributed by atoms with Gasteiger partial charge in [-0.25, -0.2) is 4.79 Å². The number of carbonyl (C=O) groups excluding carboxylic acids is 2. The zero-order valence-electron chi connectivity index (χ0n) is 17.0. The second-order valence-corrected chi connectivity index (χ2v) is 7.78. The van der Waals surface area contributed by atoms with Crippen LogP contribution in [0.1, 0.15) is 116 Å². The molecule has 1 atom stereocenters. The fourth-order valence-corrected chi connectivity index (χ4v) is 3.55. The molecule has 4 heteroatoms. The van der Waals surface area contributed by atoms with E-state index >= 15 is 0 Å². The van der Waals surface area contributed by atoms with Crippen molar-refractivity contribution in [1.29, 1.82) is 0 Å². The van der Waals surface area contributed by atoms with Crippen molar-refractivity contribution in [2.75, 3.05) is 6.61 Å². The van der Waals surface area contributed by atoms with Crippen LogP contribution in [0.4, 0.5) is 0 Å². The maximum absolute atomic E-state index is 11.8. The van der Waals surface area contributed by atoms with Gasteiger partial charge in [0.15, 0.2) is 0 Å². The number of unbranched alkanes of at least 4 members (excludes halogenated alkanes) is 14. The van der Waals surface area contributed by atoms with Crippen molar-refractivity contribution in [3.8, 4) is 0 Å². The van der Waals surface area contributed by atoms with Crippen molar-refractivity contribution in [2.24, 2.45) is 0 Å². The van der Waals surface area contributed by atoms with Crippen LogP contribution in [0.3, 0.4) is 0 Å². The van der Waals surface area contributed by atoms with Crippen LogP contribution in [0.15, 0.2) is 0 Å². The van der Waals surface area contributed by atoms with Crippen LogP contribution in [0.25, 0.3) is 0 Å². The summed E-state index contributed by atoms with van der Waals surface area (Å²) >= 11 is 0. The van der Waals surface area contributed by atoms with Gasteiger partial charge >= 0.3 is 5.97 Å². The summed E-state index contributed by atoms with van der Waals surface area (Å²) in [5.41, 5.74) is 0. The van der Waals surface area contributed by atoms with Gasteiger partial charge in [0, 0.05) is 12.8 Å². The van der Waals surface area contributed by atoms with Gasteiger partial charge in [-0.15, -0.1) is 0 Å². The number of cyclic esters (lactones) is 1. The van der Waals surface area contributed by atoms with Crippen molar-refractivity contribution < 1.29 is 14.3 Å². The summed E-state index contributed by atoms with van der Waals surface area (Å²) in [5, 5.41) is 2.76. The smallest absolute Gasteiger partial charge is 0.328 e. The predicted molar refractivity (Wildman–Crippen MR) is 107 cm³/mol. The Balaban J connectivity index is 1.75. The number of nitrogens with one attached hydrogen (secondary N) is 1. The molecule has 1 rings (SSSR count). The molecule has 0 bridgehead atoms. The van der Waals surface area contributed by atoms with E-state index in [-0.39, 0.29) is 11.9 Å². The van der Waals surface area contributed by atoms with E-state index in [2.05, 4.69) is 12.2 Å². The summed E-state index contributed by atoms with van der Waals surface area (Å²) in [6, 6.07) is -0.404. The van der Waals surface area contributed by atoms with Gasteiger partial charge in [0.1, 0.15) is 6.04 Å². The molecule has 0 radical (unpaired) electrons. The zero-order valence-corrected chi connectivity index (χ0v) is 17.0. The highest BCUT2D eigenvalue weighted by atomic mass is 16.5. The SMILES string of the molecule is CCCCCCCCCCCCCCCCCC(=O)NC1CCOC1=O. The first-order chi connectivity index (χ1) is 12.7. The Morgan fingerprint density at radius 1 is 0.846 bits per heavy atom. The Kier molecular flexibility index (Phi) is 14.3. The zero-order chi connectivity index (χ0) is 18.9. The second-order valence-electron chi connectivity index (χ2n) is 7.78. The average Bonchev–Trinajstić information content (AvgIpc) is 3.03. The molecule has 0 aliphatic carbocycles. The van der Waals surface area contributed by atoms with Gasteiger partial charge in [-0.3, -0.25) is 4.79 Å². The molecule has 0 aromatic heterocycles. The third kappa shape index (κ3) is 12.3. The standard InChI is InChI=1S/C22H41NO3/c1-2-3-4-5-6-7-8-9-10-11-12-13-14-15-16-17-21(24)23-20-18-19-26-22(20)25/h20H,2-19H2,1H3,(H,23,24). The van der Waals surface area contributed by atoms with E-state index in [4.69, 9.17) is 4.74 Å². The molecule has 1 fully saturated rings. The van der Waals surface area contributed by atoms with Crippen LogP contribution in [-0.2, 0) is 14.3 Å². The van der Waals surface area contributed by atoms with Crippen molar-refractivity contribution >= 4 is 11.9 Å². The lowest BCUT2D eigenvalue weighted by Gasteiger charge is -2.08. The number of hydrogen-bond donors (Lipinski definition) is 1. The Morgan fingerprint density at radius 2 is 1.31 bits per heavy atom. The quantitative estimate of drug-likeness (QED) is 0.266. The molecule has 0 aromatic rings. The number of amides is 1. The van der Waals surface area contributed by atoms with Crippen LogP contribution in [0.2, 0.25) is 0 Å². The molecule has 4 nitrogen and oxygen atoms in total. The lowest BCUT2D eigenvalue weighted by Crippen LogP contribution is -2.37. The van der Waals surface area contributed by atoms with Gasteiger partial charge in [0.05, 0.1) is 6.61 Å². The molecule has 152 valence electrons. The van der Waals surface area contributed by atoms with Gasteiger partial charge < -0.3 is 10.1 Å². The Labute approximate surface area is 160 Å². The van der Waals surface area contributed by atoms with E-state index in [1.165, 1.54) is 83.5 Å². The van der Waals surface area contributed by atoms with Crippen LogP contribution < -0.4 is 5.32 Å². The fraction of sp³-hybridized carbons (Fsp3) is 0.909. The number of ether oxygens (including phenoxy) is 1. The van der Waals surface area contributed by atoms with E-state index < -0.39 is 6.04 Å². The van der Waals surface area contributed by atoms with E-state index in [0.29, 0.717) is 19.4 Å². The largest absolute Gasteiger partial charge is 0.464 e. The maximum atomic E-state index is 11.8. The second kappa shape index (κ2) is 16.1. The molecular formula is C22H41NO3. The highest BCUT2D eigenvalue weighted by Crippen LogP contribution is 2.14. The first kappa shape index (κ1) is 23.0. The summed E-state index contributed by atoms with van der Waals surface area (Å²) in [6.45, 7) is 2.70. The predicted octanol–water partition coefficient (Wildman–Crippen LogP) is 5.68. The summed E-state index contributed by atoms with van der Waals surface area (Å²) in [4.78, 5) is 23.0. The minimum atomic E-state index is -0.404. The number of esters is 1. The molecule has 1 amide bonds. The van der Waals surface area contributed by atoms with E-state index in [0.717, 1.165) is 12.8 Å². The normalized spacial score (nSPS) is 16.7. The monoisotopic (exact) mass is 367 g/mol. The fourth-order valence-electron chi connectivity index (χ4n) is 3.55.